The zero-order valence-electron chi connectivity index (χ0n) is 8.42. The Labute approximate surface area is 93.7 Å². The molecule has 0 aliphatic carbocycles. The molecule has 3 aromatic heterocycles. The molecule has 86 valence electrons. The van der Waals surface area contributed by atoms with Crippen molar-refractivity contribution in [3.8, 4) is 11.5 Å². The molecule has 0 atom stereocenters. The summed E-state index contributed by atoms with van der Waals surface area (Å²) in [4.78, 5) is 4.07. The van der Waals surface area contributed by atoms with Gasteiger partial charge in [-0.15, -0.1) is 10.2 Å². The molecule has 5 nitrogen and oxygen atoms in total. The van der Waals surface area contributed by atoms with Crippen LogP contribution in [0.2, 0.25) is 0 Å². The Morgan fingerprint density at radius 2 is 2.12 bits per heavy atom. The van der Waals surface area contributed by atoms with Gasteiger partial charge in [0, 0.05) is 24.2 Å². The molecule has 0 aromatic carbocycles. The summed E-state index contributed by atoms with van der Waals surface area (Å²) < 4.78 is 31.2. The Kier molecular flexibility index (Phi) is 2.10. The molecule has 17 heavy (non-hydrogen) atoms. The first-order valence-corrected chi connectivity index (χ1v) is 4.79. The molecule has 0 saturated carbocycles. The average Bonchev–Trinajstić information content (AvgIpc) is 2.97. The zero-order chi connectivity index (χ0) is 11.8. The quantitative estimate of drug-likeness (QED) is 0.685. The number of fused-ring (bicyclic) bond motifs is 1. The number of rotatable bonds is 2. The van der Waals surface area contributed by atoms with E-state index in [-0.39, 0.29) is 5.89 Å². The van der Waals surface area contributed by atoms with Crippen LogP contribution in [0.15, 0.2) is 35.1 Å². The van der Waals surface area contributed by atoms with Crippen molar-refractivity contribution in [1.29, 1.82) is 0 Å². The monoisotopic (exact) mass is 236 g/mol. The van der Waals surface area contributed by atoms with Crippen LogP contribution < -0.4 is 0 Å². The summed E-state index contributed by atoms with van der Waals surface area (Å²) in [6.07, 6.45) is 2.39. The second-order valence-electron chi connectivity index (χ2n) is 3.35. The fraction of sp³-hybridized carbons (Fsp3) is 0.100. The highest BCUT2D eigenvalue weighted by atomic mass is 19.3. The van der Waals surface area contributed by atoms with E-state index in [2.05, 4.69) is 15.2 Å². The zero-order valence-corrected chi connectivity index (χ0v) is 8.42. The third kappa shape index (κ3) is 1.65. The minimum Gasteiger partial charge on any atom is -0.415 e. The molecule has 0 amide bonds. The van der Waals surface area contributed by atoms with E-state index >= 15 is 0 Å². The molecule has 7 heteroatoms. The van der Waals surface area contributed by atoms with Crippen molar-refractivity contribution in [3.05, 3.63) is 36.6 Å². The molecule has 0 bridgehead atoms. The van der Waals surface area contributed by atoms with Crippen molar-refractivity contribution >= 4 is 5.65 Å². The van der Waals surface area contributed by atoms with E-state index in [9.17, 15) is 8.78 Å². The number of hydrogen-bond donors (Lipinski definition) is 0. The van der Waals surface area contributed by atoms with Gasteiger partial charge in [-0.1, -0.05) is 0 Å². The Balaban J connectivity index is 2.06. The van der Waals surface area contributed by atoms with Gasteiger partial charge in [0.15, 0.2) is 0 Å². The highest BCUT2D eigenvalue weighted by Crippen LogP contribution is 2.23. The smallest absolute Gasteiger partial charge is 0.314 e. The number of hydrogen-bond acceptors (Lipinski definition) is 4. The summed E-state index contributed by atoms with van der Waals surface area (Å²) in [5, 5.41) is 6.83. The normalized spacial score (nSPS) is 11.5. The molecular weight excluding hydrogens is 230 g/mol. The van der Waals surface area contributed by atoms with Gasteiger partial charge in [0.05, 0.1) is 0 Å². The van der Waals surface area contributed by atoms with Gasteiger partial charge in [-0.2, -0.15) is 8.78 Å². The maximum atomic E-state index is 12.3. The molecule has 0 spiro atoms. The molecule has 0 unspecified atom stereocenters. The van der Waals surface area contributed by atoms with Gasteiger partial charge in [0.1, 0.15) is 5.65 Å². The van der Waals surface area contributed by atoms with Crippen molar-refractivity contribution in [2.24, 2.45) is 0 Å². The number of halogens is 2. The Morgan fingerprint density at radius 1 is 1.24 bits per heavy atom. The van der Waals surface area contributed by atoms with E-state index < -0.39 is 12.3 Å². The Bertz CT molecular complexity index is 661. The van der Waals surface area contributed by atoms with E-state index in [1.807, 2.05) is 0 Å². The van der Waals surface area contributed by atoms with Gasteiger partial charge >= 0.3 is 6.43 Å². The molecule has 0 fully saturated rings. The molecule has 0 aliphatic heterocycles. The second-order valence-corrected chi connectivity index (χ2v) is 3.35. The van der Waals surface area contributed by atoms with Crippen molar-refractivity contribution in [2.75, 3.05) is 0 Å². The van der Waals surface area contributed by atoms with Crippen molar-refractivity contribution in [1.82, 2.24) is 19.6 Å². The minimum atomic E-state index is -2.76. The summed E-state index contributed by atoms with van der Waals surface area (Å²) in [6.45, 7) is 0. The number of nitrogens with zero attached hydrogens (tertiary/aromatic N) is 4. The lowest BCUT2D eigenvalue weighted by atomic mass is 10.2. The van der Waals surface area contributed by atoms with E-state index in [1.165, 1.54) is 0 Å². The van der Waals surface area contributed by atoms with Gasteiger partial charge in [-0.3, -0.25) is 0 Å². The summed E-state index contributed by atoms with van der Waals surface area (Å²) in [5.74, 6) is -0.617. The third-order valence-corrected chi connectivity index (χ3v) is 2.27. The molecular formula is C10H6F2N4O. The number of pyridine rings is 1. The number of alkyl halides is 2. The summed E-state index contributed by atoms with van der Waals surface area (Å²) in [6, 6.07) is 3.38. The summed E-state index contributed by atoms with van der Waals surface area (Å²) >= 11 is 0. The second kappa shape index (κ2) is 3.62. The number of aromatic nitrogens is 4. The van der Waals surface area contributed by atoms with Gasteiger partial charge < -0.3 is 8.82 Å². The Hall–Kier alpha value is -2.31. The average molecular weight is 236 g/mol. The van der Waals surface area contributed by atoms with Gasteiger partial charge in [0.2, 0.25) is 5.89 Å². The standard InChI is InChI=1S/C10H6F2N4O/c11-8(12)10-15-14-9(17-10)6-1-3-16-4-2-13-7(16)5-6/h1-5,8H. The summed E-state index contributed by atoms with van der Waals surface area (Å²) in [5.41, 5.74) is 1.24. The van der Waals surface area contributed by atoms with E-state index in [1.54, 1.807) is 35.1 Å². The van der Waals surface area contributed by atoms with Crippen molar-refractivity contribution < 1.29 is 13.2 Å². The molecule has 0 N–H and O–H groups in total. The van der Waals surface area contributed by atoms with Crippen LogP contribution in [-0.2, 0) is 0 Å². The van der Waals surface area contributed by atoms with Crippen LogP contribution in [0.4, 0.5) is 8.78 Å². The lowest BCUT2D eigenvalue weighted by Crippen LogP contribution is -1.84. The van der Waals surface area contributed by atoms with Crippen LogP contribution in [-0.4, -0.2) is 19.6 Å². The van der Waals surface area contributed by atoms with Crippen LogP contribution in [0.1, 0.15) is 12.3 Å². The van der Waals surface area contributed by atoms with Crippen LogP contribution in [0.5, 0.6) is 0 Å². The van der Waals surface area contributed by atoms with Gasteiger partial charge in [0.25, 0.3) is 5.89 Å². The van der Waals surface area contributed by atoms with E-state index in [4.69, 9.17) is 4.42 Å². The lowest BCUT2D eigenvalue weighted by molar-refractivity contribution is 0.116. The van der Waals surface area contributed by atoms with Crippen molar-refractivity contribution in [3.63, 3.8) is 0 Å². The minimum absolute atomic E-state index is 0.0609. The van der Waals surface area contributed by atoms with Crippen LogP contribution >= 0.6 is 0 Å². The van der Waals surface area contributed by atoms with E-state index in [0.29, 0.717) is 11.2 Å². The molecule has 0 radical (unpaired) electrons. The molecule has 3 aromatic rings. The lowest BCUT2D eigenvalue weighted by Gasteiger charge is -1.96. The van der Waals surface area contributed by atoms with Crippen LogP contribution in [0.25, 0.3) is 17.1 Å². The maximum Gasteiger partial charge on any atom is 0.314 e. The number of imidazole rings is 1. The third-order valence-electron chi connectivity index (χ3n) is 2.27. The maximum absolute atomic E-state index is 12.3. The first kappa shape index (κ1) is 9.88. The van der Waals surface area contributed by atoms with Crippen molar-refractivity contribution in [2.45, 2.75) is 6.43 Å². The van der Waals surface area contributed by atoms with Gasteiger partial charge in [-0.05, 0) is 12.1 Å². The van der Waals surface area contributed by atoms with Gasteiger partial charge in [-0.25, -0.2) is 4.98 Å². The molecule has 3 rings (SSSR count). The predicted octanol–water partition coefficient (Wildman–Crippen LogP) is 2.32. The molecule has 0 aliphatic rings. The Morgan fingerprint density at radius 3 is 2.88 bits per heavy atom. The topological polar surface area (TPSA) is 56.2 Å². The fourth-order valence-electron chi connectivity index (χ4n) is 1.48. The summed E-state index contributed by atoms with van der Waals surface area (Å²) in [7, 11) is 0. The highest BCUT2D eigenvalue weighted by molar-refractivity contribution is 5.59. The first-order valence-electron chi connectivity index (χ1n) is 4.79. The fourth-order valence-corrected chi connectivity index (χ4v) is 1.48. The first-order chi connectivity index (χ1) is 8.24. The van der Waals surface area contributed by atoms with Crippen LogP contribution in [0.3, 0.4) is 0 Å². The van der Waals surface area contributed by atoms with E-state index in [0.717, 1.165) is 0 Å². The van der Waals surface area contributed by atoms with Crippen LogP contribution in [0, 0.1) is 0 Å². The largest absolute Gasteiger partial charge is 0.415 e. The highest BCUT2D eigenvalue weighted by Gasteiger charge is 2.17. The molecule has 0 saturated heterocycles. The SMILES string of the molecule is FC(F)c1nnc(-c2ccn3ccnc3c2)o1. The predicted molar refractivity (Wildman–Crippen MR) is 53.4 cm³/mol. The molecule has 3 heterocycles.